The molecule has 9 heteroatoms. The molecular formula is C19H15BrClN3O3S. The molecule has 1 aliphatic heterocycles. The molecule has 0 aromatic heterocycles. The Morgan fingerprint density at radius 1 is 1.36 bits per heavy atom. The highest BCUT2D eigenvalue weighted by atomic mass is 79.9. The number of primary amides is 1. The zero-order valence-corrected chi connectivity index (χ0v) is 17.8. The van der Waals surface area contributed by atoms with Gasteiger partial charge in [-0.2, -0.15) is 0 Å². The number of aryl methyl sites for hydroxylation is 1. The minimum Gasteiger partial charge on any atom is -0.483 e. The van der Waals surface area contributed by atoms with Crippen LogP contribution in [-0.2, 0) is 9.59 Å². The third kappa shape index (κ3) is 5.15. The zero-order valence-electron chi connectivity index (χ0n) is 14.7. The lowest BCUT2D eigenvalue weighted by atomic mass is 10.2. The van der Waals surface area contributed by atoms with Crippen LogP contribution in [0.3, 0.4) is 0 Å². The average Bonchev–Trinajstić information content (AvgIpc) is 2.96. The molecule has 1 fully saturated rings. The van der Waals surface area contributed by atoms with Gasteiger partial charge in [-0.3, -0.25) is 9.59 Å². The summed E-state index contributed by atoms with van der Waals surface area (Å²) in [5.41, 5.74) is 7.53. The van der Waals surface area contributed by atoms with Crippen LogP contribution >= 0.6 is 39.3 Å². The fourth-order valence-corrected chi connectivity index (χ4v) is 3.83. The van der Waals surface area contributed by atoms with Gasteiger partial charge in [-0.1, -0.05) is 23.7 Å². The van der Waals surface area contributed by atoms with Gasteiger partial charge in [-0.05, 0) is 76.1 Å². The van der Waals surface area contributed by atoms with Crippen LogP contribution in [0.2, 0.25) is 5.02 Å². The highest BCUT2D eigenvalue weighted by molar-refractivity contribution is 9.10. The Hall–Kier alpha value is -2.29. The van der Waals surface area contributed by atoms with Crippen LogP contribution < -0.4 is 15.8 Å². The number of nitrogens with zero attached hydrogens (tertiary/aromatic N) is 1. The van der Waals surface area contributed by atoms with Gasteiger partial charge in [0.2, 0.25) is 0 Å². The van der Waals surface area contributed by atoms with Crippen molar-refractivity contribution in [2.75, 3.05) is 6.61 Å². The summed E-state index contributed by atoms with van der Waals surface area (Å²) < 4.78 is 5.94. The number of hydrogen-bond acceptors (Lipinski definition) is 5. The van der Waals surface area contributed by atoms with E-state index in [0.29, 0.717) is 31.0 Å². The maximum Gasteiger partial charge on any atom is 0.264 e. The smallest absolute Gasteiger partial charge is 0.264 e. The highest BCUT2D eigenvalue weighted by Gasteiger charge is 2.24. The predicted octanol–water partition coefficient (Wildman–Crippen LogP) is 4.17. The molecule has 2 aromatic rings. The largest absolute Gasteiger partial charge is 0.483 e. The molecule has 0 aliphatic carbocycles. The SMILES string of the molecule is Cc1ccc(Cl)cc1N=C1NC(=O)/C(=C/c2ccc(OCC(N)=O)c(Br)c2)S1. The Labute approximate surface area is 179 Å². The number of nitrogens with two attached hydrogens (primary N) is 1. The van der Waals surface area contributed by atoms with Crippen molar-refractivity contribution in [3.63, 3.8) is 0 Å². The van der Waals surface area contributed by atoms with Crippen molar-refractivity contribution in [1.29, 1.82) is 0 Å². The van der Waals surface area contributed by atoms with Crippen molar-refractivity contribution < 1.29 is 14.3 Å². The topological polar surface area (TPSA) is 93.8 Å². The van der Waals surface area contributed by atoms with Crippen molar-refractivity contribution in [2.24, 2.45) is 10.7 Å². The van der Waals surface area contributed by atoms with E-state index in [-0.39, 0.29) is 12.5 Å². The number of amidine groups is 1. The monoisotopic (exact) mass is 479 g/mol. The quantitative estimate of drug-likeness (QED) is 0.628. The Morgan fingerprint density at radius 3 is 2.86 bits per heavy atom. The van der Waals surface area contributed by atoms with Crippen LogP contribution in [-0.4, -0.2) is 23.6 Å². The number of nitrogens with one attached hydrogen (secondary N) is 1. The minimum atomic E-state index is -0.557. The summed E-state index contributed by atoms with van der Waals surface area (Å²) in [6.45, 7) is 1.72. The number of aliphatic imine (C=N–C) groups is 1. The lowest BCUT2D eigenvalue weighted by Gasteiger charge is -2.06. The number of thioether (sulfide) groups is 1. The molecule has 28 heavy (non-hydrogen) atoms. The number of carbonyl (C=O) groups is 2. The van der Waals surface area contributed by atoms with Crippen LogP contribution in [0, 0.1) is 6.92 Å². The van der Waals surface area contributed by atoms with Crippen molar-refractivity contribution in [1.82, 2.24) is 5.32 Å². The van der Waals surface area contributed by atoms with E-state index in [4.69, 9.17) is 22.1 Å². The van der Waals surface area contributed by atoms with E-state index in [9.17, 15) is 9.59 Å². The summed E-state index contributed by atoms with van der Waals surface area (Å²) in [6, 6.07) is 10.7. The zero-order chi connectivity index (χ0) is 20.3. The number of carbonyl (C=O) groups excluding carboxylic acids is 2. The van der Waals surface area contributed by atoms with Gasteiger partial charge in [0.1, 0.15) is 5.75 Å². The first-order valence-corrected chi connectivity index (χ1v) is 10.1. The van der Waals surface area contributed by atoms with Gasteiger partial charge in [0.05, 0.1) is 15.1 Å². The summed E-state index contributed by atoms with van der Waals surface area (Å²) in [6.07, 6.45) is 1.75. The van der Waals surface area contributed by atoms with Crippen LogP contribution in [0.5, 0.6) is 5.75 Å². The lowest BCUT2D eigenvalue weighted by Crippen LogP contribution is -2.20. The molecule has 0 radical (unpaired) electrons. The number of rotatable bonds is 5. The van der Waals surface area contributed by atoms with Crippen molar-refractivity contribution in [3.8, 4) is 5.75 Å². The van der Waals surface area contributed by atoms with E-state index in [2.05, 4.69) is 26.2 Å². The first-order chi connectivity index (χ1) is 13.3. The van der Waals surface area contributed by atoms with Crippen molar-refractivity contribution in [2.45, 2.75) is 6.92 Å². The third-order valence-corrected chi connectivity index (χ3v) is 5.43. The van der Waals surface area contributed by atoms with E-state index < -0.39 is 5.91 Å². The molecular weight excluding hydrogens is 466 g/mol. The molecule has 6 nitrogen and oxygen atoms in total. The molecule has 2 amide bonds. The van der Waals surface area contributed by atoms with Gasteiger partial charge >= 0.3 is 0 Å². The van der Waals surface area contributed by atoms with Gasteiger partial charge in [0.25, 0.3) is 11.8 Å². The second-order valence-corrected chi connectivity index (χ2v) is 8.18. The molecule has 144 valence electrons. The summed E-state index contributed by atoms with van der Waals surface area (Å²) in [5, 5.41) is 3.82. The van der Waals surface area contributed by atoms with E-state index in [1.54, 1.807) is 36.4 Å². The van der Waals surface area contributed by atoms with E-state index >= 15 is 0 Å². The first-order valence-electron chi connectivity index (χ1n) is 8.08. The summed E-state index contributed by atoms with van der Waals surface area (Å²) in [7, 11) is 0. The molecule has 1 aliphatic rings. The Balaban J connectivity index is 1.79. The molecule has 1 saturated heterocycles. The Morgan fingerprint density at radius 2 is 2.14 bits per heavy atom. The first kappa shape index (κ1) is 20.4. The maximum atomic E-state index is 12.3. The highest BCUT2D eigenvalue weighted by Crippen LogP contribution is 2.32. The van der Waals surface area contributed by atoms with Gasteiger partial charge in [-0.15, -0.1) is 0 Å². The molecule has 0 unspecified atom stereocenters. The van der Waals surface area contributed by atoms with E-state index in [1.165, 1.54) is 11.8 Å². The fraction of sp³-hybridized carbons (Fsp3) is 0.105. The Bertz CT molecular complexity index is 1020. The number of ether oxygens (including phenoxy) is 1. The molecule has 2 aromatic carbocycles. The number of hydrogen-bond donors (Lipinski definition) is 2. The van der Waals surface area contributed by atoms with E-state index in [1.807, 2.05) is 13.0 Å². The van der Waals surface area contributed by atoms with Crippen LogP contribution in [0.4, 0.5) is 5.69 Å². The van der Waals surface area contributed by atoms with Crippen molar-refractivity contribution in [3.05, 3.63) is 61.9 Å². The van der Waals surface area contributed by atoms with Crippen LogP contribution in [0.25, 0.3) is 6.08 Å². The summed E-state index contributed by atoms with van der Waals surface area (Å²) in [4.78, 5) is 28.1. The molecule has 3 N–H and O–H groups in total. The molecule has 0 atom stereocenters. The van der Waals surface area contributed by atoms with Crippen LogP contribution in [0.1, 0.15) is 11.1 Å². The molecule has 0 bridgehead atoms. The number of halogens is 2. The standard InChI is InChI=1S/C19H15BrClN3O3S/c1-10-2-4-12(21)8-14(10)23-19-24-18(26)16(28-19)7-11-3-5-15(13(20)6-11)27-9-17(22)25/h2-8H,9H2,1H3,(H2,22,25)(H,23,24,26)/b16-7-. The second-order valence-electron chi connectivity index (χ2n) is 5.86. The van der Waals surface area contributed by atoms with Gasteiger partial charge in [0, 0.05) is 5.02 Å². The summed E-state index contributed by atoms with van der Waals surface area (Å²) in [5.74, 6) is -0.296. The predicted molar refractivity (Wildman–Crippen MR) is 116 cm³/mol. The number of benzene rings is 2. The second kappa shape index (κ2) is 8.81. The summed E-state index contributed by atoms with van der Waals surface area (Å²) >= 11 is 10.6. The minimum absolute atomic E-state index is 0.208. The lowest BCUT2D eigenvalue weighted by molar-refractivity contribution is -0.120. The third-order valence-electron chi connectivity index (χ3n) is 3.67. The normalized spacial score (nSPS) is 16.5. The molecule has 1 heterocycles. The van der Waals surface area contributed by atoms with Crippen LogP contribution in [0.15, 0.2) is 50.8 Å². The maximum absolute atomic E-state index is 12.3. The van der Waals surface area contributed by atoms with Gasteiger partial charge in [0.15, 0.2) is 11.8 Å². The Kier molecular flexibility index (Phi) is 6.43. The fourth-order valence-electron chi connectivity index (χ4n) is 2.32. The van der Waals surface area contributed by atoms with Gasteiger partial charge in [-0.25, -0.2) is 4.99 Å². The molecule has 3 rings (SSSR count). The van der Waals surface area contributed by atoms with E-state index in [0.717, 1.165) is 11.1 Å². The number of amides is 2. The average molecular weight is 481 g/mol. The van der Waals surface area contributed by atoms with Crippen molar-refractivity contribution >= 4 is 68.0 Å². The molecule has 0 saturated carbocycles. The molecule has 0 spiro atoms. The van der Waals surface area contributed by atoms with Gasteiger partial charge < -0.3 is 15.8 Å².